The summed E-state index contributed by atoms with van der Waals surface area (Å²) >= 11 is 0. The fraction of sp³-hybridized carbons (Fsp3) is 0.333. The summed E-state index contributed by atoms with van der Waals surface area (Å²) in [4.78, 5) is 25.1. The highest BCUT2D eigenvalue weighted by Crippen LogP contribution is 2.51. The maximum absolute atomic E-state index is 12.7. The molecule has 1 aliphatic heterocycles. The number of carbonyl (C=O) groups is 2. The molecule has 3 rings (SSSR count). The molecule has 1 aliphatic carbocycles. The zero-order valence-electron chi connectivity index (χ0n) is 13.2. The van der Waals surface area contributed by atoms with E-state index in [0.717, 1.165) is 0 Å². The molecule has 0 saturated carbocycles. The molecule has 5 heteroatoms. The van der Waals surface area contributed by atoms with Crippen LogP contribution in [-0.4, -0.2) is 27.4 Å². The Kier molecular flexibility index (Phi) is 3.32. The molecule has 0 bridgehead atoms. The van der Waals surface area contributed by atoms with E-state index in [-0.39, 0.29) is 40.6 Å². The quantitative estimate of drug-likeness (QED) is 0.779. The van der Waals surface area contributed by atoms with Gasteiger partial charge in [0.25, 0.3) is 0 Å². The molecule has 2 N–H and O–H groups in total. The van der Waals surface area contributed by atoms with E-state index in [9.17, 15) is 19.8 Å². The number of ketones is 2. The highest BCUT2D eigenvalue weighted by molar-refractivity contribution is 6.11. The number of allylic oxidation sites excluding steroid dienone is 1. The minimum atomic E-state index is -1.32. The van der Waals surface area contributed by atoms with E-state index in [1.807, 2.05) is 0 Å². The summed E-state index contributed by atoms with van der Waals surface area (Å²) in [5.41, 5.74) is 0.0534. The highest BCUT2D eigenvalue weighted by Gasteiger charge is 2.55. The lowest BCUT2D eigenvalue weighted by Gasteiger charge is -2.39. The SMILES string of the molecule is C/C=C/C1c2c(C)c(O)c(C)c(O)c2C(=O)CC12OC=CC2=O. The van der Waals surface area contributed by atoms with Crippen molar-refractivity contribution in [3.05, 3.63) is 46.7 Å². The summed E-state index contributed by atoms with van der Waals surface area (Å²) in [5, 5.41) is 20.6. The van der Waals surface area contributed by atoms with Gasteiger partial charge in [-0.05, 0) is 31.9 Å². The van der Waals surface area contributed by atoms with Crippen LogP contribution in [0.3, 0.4) is 0 Å². The van der Waals surface area contributed by atoms with Crippen LogP contribution in [0.2, 0.25) is 0 Å². The number of hydrogen-bond acceptors (Lipinski definition) is 5. The van der Waals surface area contributed by atoms with Gasteiger partial charge >= 0.3 is 0 Å². The summed E-state index contributed by atoms with van der Waals surface area (Å²) in [6.45, 7) is 5.04. The molecule has 1 aromatic rings. The molecule has 0 aromatic heterocycles. The topological polar surface area (TPSA) is 83.8 Å². The van der Waals surface area contributed by atoms with Gasteiger partial charge in [0, 0.05) is 11.6 Å². The maximum Gasteiger partial charge on any atom is 0.203 e. The van der Waals surface area contributed by atoms with Gasteiger partial charge in [-0.25, -0.2) is 0 Å². The third kappa shape index (κ3) is 1.86. The fourth-order valence-corrected chi connectivity index (χ4v) is 3.58. The van der Waals surface area contributed by atoms with Crippen molar-refractivity contribution < 1.29 is 24.5 Å². The Labute approximate surface area is 133 Å². The first-order valence-electron chi connectivity index (χ1n) is 7.45. The van der Waals surface area contributed by atoms with Gasteiger partial charge in [0.1, 0.15) is 11.5 Å². The average Bonchev–Trinajstić information content (AvgIpc) is 2.87. The molecule has 2 aliphatic rings. The van der Waals surface area contributed by atoms with Crippen LogP contribution in [0.1, 0.15) is 46.3 Å². The molecule has 0 saturated heterocycles. The largest absolute Gasteiger partial charge is 0.507 e. The number of ether oxygens (including phenoxy) is 1. The highest BCUT2D eigenvalue weighted by atomic mass is 16.5. The molecule has 2 atom stereocenters. The number of Topliss-reactive ketones (excluding diaryl/α,β-unsaturated/α-hetero) is 1. The molecule has 1 spiro atoms. The van der Waals surface area contributed by atoms with Crippen LogP contribution in [0.25, 0.3) is 0 Å². The van der Waals surface area contributed by atoms with Crippen molar-refractivity contribution in [1.82, 2.24) is 0 Å². The van der Waals surface area contributed by atoms with Crippen molar-refractivity contribution in [3.63, 3.8) is 0 Å². The van der Waals surface area contributed by atoms with Crippen LogP contribution in [0.5, 0.6) is 11.5 Å². The molecule has 5 nitrogen and oxygen atoms in total. The molecule has 23 heavy (non-hydrogen) atoms. The summed E-state index contributed by atoms with van der Waals surface area (Å²) in [6, 6.07) is 0. The standard InChI is InChI=1S/C18H18O5/c1-4-5-11-14-9(2)16(21)10(3)17(22)15(14)12(19)8-18(11)13(20)6-7-23-18/h4-7,11,21-22H,8H2,1-3H3/b5-4+. The van der Waals surface area contributed by atoms with Crippen LogP contribution < -0.4 is 0 Å². The van der Waals surface area contributed by atoms with Crippen molar-refractivity contribution in [1.29, 1.82) is 0 Å². The van der Waals surface area contributed by atoms with E-state index < -0.39 is 11.5 Å². The Morgan fingerprint density at radius 1 is 1.22 bits per heavy atom. The second-order valence-corrected chi connectivity index (χ2v) is 6.01. The first-order valence-corrected chi connectivity index (χ1v) is 7.45. The summed E-state index contributed by atoms with van der Waals surface area (Å²) in [5.74, 6) is -1.49. The minimum Gasteiger partial charge on any atom is -0.507 e. The van der Waals surface area contributed by atoms with Crippen LogP contribution >= 0.6 is 0 Å². The van der Waals surface area contributed by atoms with Crippen molar-refractivity contribution >= 4 is 11.6 Å². The second kappa shape index (κ2) is 4.98. The van der Waals surface area contributed by atoms with Gasteiger partial charge in [0.2, 0.25) is 5.78 Å². The predicted octanol–water partition coefficient (Wildman–Crippen LogP) is 2.81. The predicted molar refractivity (Wildman–Crippen MR) is 83.7 cm³/mol. The lowest BCUT2D eigenvalue weighted by atomic mass is 9.67. The van der Waals surface area contributed by atoms with Gasteiger partial charge in [-0.1, -0.05) is 12.2 Å². The lowest BCUT2D eigenvalue weighted by Crippen LogP contribution is -2.47. The van der Waals surface area contributed by atoms with E-state index in [0.29, 0.717) is 11.1 Å². The van der Waals surface area contributed by atoms with Gasteiger partial charge in [-0.15, -0.1) is 0 Å². The van der Waals surface area contributed by atoms with E-state index >= 15 is 0 Å². The monoisotopic (exact) mass is 314 g/mol. The molecule has 0 amide bonds. The van der Waals surface area contributed by atoms with Crippen LogP contribution in [0.4, 0.5) is 0 Å². The molecule has 0 radical (unpaired) electrons. The van der Waals surface area contributed by atoms with Crippen molar-refractivity contribution in [3.8, 4) is 11.5 Å². The van der Waals surface area contributed by atoms with Crippen LogP contribution in [0.15, 0.2) is 24.5 Å². The van der Waals surface area contributed by atoms with E-state index in [2.05, 4.69) is 0 Å². The smallest absolute Gasteiger partial charge is 0.203 e. The normalized spacial score (nSPS) is 26.1. The Morgan fingerprint density at radius 2 is 1.91 bits per heavy atom. The maximum atomic E-state index is 12.7. The van der Waals surface area contributed by atoms with Crippen molar-refractivity contribution in [2.45, 2.75) is 38.7 Å². The first kappa shape index (κ1) is 15.3. The number of phenolic OH excluding ortho intramolecular Hbond substituents is 2. The number of phenols is 2. The zero-order valence-corrected chi connectivity index (χ0v) is 13.2. The third-order valence-electron chi connectivity index (χ3n) is 4.79. The minimum absolute atomic E-state index is 0.0704. The van der Waals surface area contributed by atoms with E-state index in [4.69, 9.17) is 4.74 Å². The van der Waals surface area contributed by atoms with E-state index in [1.54, 1.807) is 32.9 Å². The van der Waals surface area contributed by atoms with Crippen LogP contribution in [0, 0.1) is 13.8 Å². The third-order valence-corrected chi connectivity index (χ3v) is 4.79. The number of hydrogen-bond donors (Lipinski definition) is 2. The van der Waals surface area contributed by atoms with Crippen molar-refractivity contribution in [2.75, 3.05) is 0 Å². The van der Waals surface area contributed by atoms with Gasteiger partial charge in [0.05, 0.1) is 24.2 Å². The van der Waals surface area contributed by atoms with Gasteiger partial charge in [0.15, 0.2) is 11.4 Å². The van der Waals surface area contributed by atoms with Gasteiger partial charge in [-0.3, -0.25) is 9.59 Å². The molecule has 1 aromatic carbocycles. The number of aromatic hydroxyl groups is 2. The first-order chi connectivity index (χ1) is 10.8. The van der Waals surface area contributed by atoms with E-state index in [1.165, 1.54) is 12.3 Å². The summed E-state index contributed by atoms with van der Waals surface area (Å²) in [7, 11) is 0. The molecule has 120 valence electrons. The summed E-state index contributed by atoms with van der Waals surface area (Å²) in [6.07, 6.45) is 6.03. The Bertz CT molecular complexity index is 787. The average molecular weight is 314 g/mol. The Balaban J connectivity index is 2.37. The Morgan fingerprint density at radius 3 is 2.48 bits per heavy atom. The molecule has 1 heterocycles. The summed E-state index contributed by atoms with van der Waals surface area (Å²) < 4.78 is 5.59. The molecule has 0 fully saturated rings. The molecular formula is C18H18O5. The van der Waals surface area contributed by atoms with Crippen molar-refractivity contribution in [2.24, 2.45) is 0 Å². The number of carbonyl (C=O) groups excluding carboxylic acids is 2. The zero-order chi connectivity index (χ0) is 16.9. The number of benzene rings is 1. The molecular weight excluding hydrogens is 296 g/mol. The molecule has 2 unspecified atom stereocenters. The van der Waals surface area contributed by atoms with Crippen LogP contribution in [-0.2, 0) is 9.53 Å². The number of rotatable bonds is 1. The van der Waals surface area contributed by atoms with Gasteiger partial charge in [-0.2, -0.15) is 0 Å². The fourth-order valence-electron chi connectivity index (χ4n) is 3.58. The second-order valence-electron chi connectivity index (χ2n) is 6.01. The number of fused-ring (bicyclic) bond motifs is 1. The van der Waals surface area contributed by atoms with Gasteiger partial charge < -0.3 is 14.9 Å². The Hall–Kier alpha value is -2.56. The lowest BCUT2D eigenvalue weighted by molar-refractivity contribution is -0.130.